The van der Waals surface area contributed by atoms with Gasteiger partial charge in [0, 0.05) is 49.2 Å². The third-order valence-corrected chi connectivity index (χ3v) is 14.0. The van der Waals surface area contributed by atoms with Crippen LogP contribution in [0.15, 0.2) is 0 Å². The fraction of sp³-hybridized carbons (Fsp3) is 0.958. The number of esters is 2. The van der Waals surface area contributed by atoms with E-state index in [9.17, 15) is 9.59 Å². The Balaban J connectivity index is 1.73. The molecule has 58 heavy (non-hydrogen) atoms. The molecule has 1 saturated carbocycles. The highest BCUT2D eigenvalue weighted by atomic mass is 16.6. The molecule has 2 heterocycles. The number of nitrogens with one attached hydrogen (secondary N) is 4. The monoisotopic (exact) mass is 821 g/mol. The van der Waals surface area contributed by atoms with E-state index < -0.39 is 22.3 Å². The van der Waals surface area contributed by atoms with Gasteiger partial charge >= 0.3 is 11.9 Å². The molecule has 0 aromatic rings. The van der Waals surface area contributed by atoms with Gasteiger partial charge in [-0.15, -0.1) is 0 Å². The van der Waals surface area contributed by atoms with Gasteiger partial charge in [-0.1, -0.05) is 78.1 Å². The first kappa shape index (κ1) is 51.1. The van der Waals surface area contributed by atoms with E-state index in [4.69, 9.17) is 18.9 Å². The zero-order valence-electron chi connectivity index (χ0n) is 39.7. The van der Waals surface area contributed by atoms with E-state index in [-0.39, 0.29) is 47.3 Å². The minimum Gasteiger partial charge on any atom is -0.461 e. The third-order valence-electron chi connectivity index (χ3n) is 14.0. The summed E-state index contributed by atoms with van der Waals surface area (Å²) in [4.78, 5) is 28.8. The first-order chi connectivity index (χ1) is 27.2. The van der Waals surface area contributed by atoms with Crippen LogP contribution in [0.1, 0.15) is 212 Å². The van der Waals surface area contributed by atoms with Crippen LogP contribution < -0.4 is 21.3 Å². The molecule has 10 nitrogen and oxygen atoms in total. The van der Waals surface area contributed by atoms with E-state index in [1.165, 1.54) is 51.4 Å². The molecule has 0 radical (unpaired) electrons. The standard InChI is InChI=1S/C48H92N4O6/c1-13-15-17-19-21-23-33-55-45(7,8)47(11,41(53)57-39-29-31-49-43(3,4)35-39)51-37-25-27-38(28-26-37)52-48(12,42(54)58-40-30-32-50-44(5,6)36-40)46(9,10)56-34-24-22-20-18-16-14-2/h37-40,49-52H,13-36H2,1-12H3. The number of carbonyl (C=O) groups is 2. The molecule has 2 aliphatic heterocycles. The lowest BCUT2D eigenvalue weighted by atomic mass is 9.79. The van der Waals surface area contributed by atoms with Crippen molar-refractivity contribution < 1.29 is 28.5 Å². The molecule has 0 aromatic carbocycles. The van der Waals surface area contributed by atoms with Crippen LogP contribution >= 0.6 is 0 Å². The SMILES string of the molecule is CCCCCCCCOC(C)(C)C(C)(NC1CCC(NC(C)(C(=O)OC2CCNC(C)(C)C2)C(C)(C)OCCCCCCCC)CC1)C(=O)OC1CCNC(C)(C)C1. The van der Waals surface area contributed by atoms with Gasteiger partial charge in [-0.25, -0.2) is 9.59 Å². The van der Waals surface area contributed by atoms with Crippen molar-refractivity contribution >= 4 is 11.9 Å². The first-order valence-corrected chi connectivity index (χ1v) is 23.9. The smallest absolute Gasteiger partial charge is 0.329 e. The molecule has 340 valence electrons. The van der Waals surface area contributed by atoms with Crippen molar-refractivity contribution in [3.63, 3.8) is 0 Å². The Labute approximate surface area is 356 Å². The van der Waals surface area contributed by atoms with Gasteiger partial charge in [-0.3, -0.25) is 10.6 Å². The van der Waals surface area contributed by atoms with Crippen LogP contribution in [0, 0.1) is 0 Å². The molecule has 2 saturated heterocycles. The number of hydrogen-bond donors (Lipinski definition) is 4. The molecule has 4 N–H and O–H groups in total. The lowest BCUT2D eigenvalue weighted by Gasteiger charge is -2.48. The third kappa shape index (κ3) is 15.6. The molecule has 0 aromatic heterocycles. The number of unbranched alkanes of at least 4 members (excludes halogenated alkanes) is 10. The van der Waals surface area contributed by atoms with E-state index >= 15 is 0 Å². The van der Waals surface area contributed by atoms with Crippen LogP contribution in [0.25, 0.3) is 0 Å². The van der Waals surface area contributed by atoms with Gasteiger partial charge < -0.3 is 29.6 Å². The van der Waals surface area contributed by atoms with Crippen molar-refractivity contribution in [1.82, 2.24) is 21.3 Å². The highest BCUT2D eigenvalue weighted by Gasteiger charge is 2.54. The fourth-order valence-electron chi connectivity index (χ4n) is 9.23. The van der Waals surface area contributed by atoms with E-state index in [1.54, 1.807) is 0 Å². The second kappa shape index (κ2) is 23.2. The number of ether oxygens (including phenoxy) is 4. The number of carbonyl (C=O) groups excluding carboxylic acids is 2. The van der Waals surface area contributed by atoms with Gasteiger partial charge in [0.2, 0.25) is 0 Å². The lowest BCUT2D eigenvalue weighted by molar-refractivity contribution is -0.178. The lowest BCUT2D eigenvalue weighted by Crippen LogP contribution is -2.69. The zero-order chi connectivity index (χ0) is 43.1. The maximum Gasteiger partial charge on any atom is 0.329 e. The van der Waals surface area contributed by atoms with Crippen molar-refractivity contribution in [3.05, 3.63) is 0 Å². The van der Waals surface area contributed by atoms with Gasteiger partial charge in [0.05, 0.1) is 11.2 Å². The van der Waals surface area contributed by atoms with Crippen LogP contribution in [0.2, 0.25) is 0 Å². The Morgan fingerprint density at radius 3 is 1.19 bits per heavy atom. The predicted octanol–water partition coefficient (Wildman–Crippen LogP) is 9.45. The van der Waals surface area contributed by atoms with E-state index in [1.807, 2.05) is 41.5 Å². The summed E-state index contributed by atoms with van der Waals surface area (Å²) in [5, 5.41) is 14.8. The van der Waals surface area contributed by atoms with Crippen molar-refractivity contribution in [2.24, 2.45) is 0 Å². The Morgan fingerprint density at radius 2 is 0.862 bits per heavy atom. The maximum absolute atomic E-state index is 14.4. The van der Waals surface area contributed by atoms with E-state index in [2.05, 4.69) is 62.8 Å². The predicted molar refractivity (Wildman–Crippen MR) is 238 cm³/mol. The Bertz CT molecular complexity index is 1120. The second-order valence-electron chi connectivity index (χ2n) is 21.0. The largest absolute Gasteiger partial charge is 0.461 e. The minimum absolute atomic E-state index is 0.0822. The topological polar surface area (TPSA) is 119 Å². The van der Waals surface area contributed by atoms with Gasteiger partial charge in [-0.2, -0.15) is 0 Å². The van der Waals surface area contributed by atoms with Gasteiger partial charge in [0.1, 0.15) is 23.3 Å². The average molecular weight is 821 g/mol. The summed E-state index contributed by atoms with van der Waals surface area (Å²) < 4.78 is 26.0. The molecular formula is C48H92N4O6. The molecule has 0 bridgehead atoms. The molecule has 3 aliphatic rings. The van der Waals surface area contributed by atoms with Gasteiger partial charge in [0.25, 0.3) is 0 Å². The van der Waals surface area contributed by atoms with Crippen molar-refractivity contribution in [1.29, 1.82) is 0 Å². The highest BCUT2D eigenvalue weighted by Crippen LogP contribution is 2.36. The molecule has 1 aliphatic carbocycles. The molecule has 3 fully saturated rings. The summed E-state index contributed by atoms with van der Waals surface area (Å²) >= 11 is 0. The van der Waals surface area contributed by atoms with Gasteiger partial charge in [-0.05, 0) is 134 Å². The van der Waals surface area contributed by atoms with E-state index in [0.717, 1.165) is 90.1 Å². The summed E-state index contributed by atoms with van der Waals surface area (Å²) in [5.41, 5.74) is -3.87. The molecule has 10 heteroatoms. The van der Waals surface area contributed by atoms with Crippen molar-refractivity contribution in [2.75, 3.05) is 26.3 Å². The molecule has 3 rings (SSSR count). The number of hydrogen-bond acceptors (Lipinski definition) is 10. The summed E-state index contributed by atoms with van der Waals surface area (Å²) in [6.07, 6.45) is 20.5. The average Bonchev–Trinajstić information content (AvgIpc) is 3.13. The quantitative estimate of drug-likeness (QED) is 0.0497. The van der Waals surface area contributed by atoms with E-state index in [0.29, 0.717) is 13.2 Å². The summed E-state index contributed by atoms with van der Waals surface area (Å²) in [6.45, 7) is 28.2. The number of piperidine rings is 2. The van der Waals surface area contributed by atoms with Crippen LogP contribution in [0.5, 0.6) is 0 Å². The molecule has 4 unspecified atom stereocenters. The Hall–Kier alpha value is -1.30. The summed E-state index contributed by atoms with van der Waals surface area (Å²) in [5.74, 6) is -0.465. The number of rotatable bonds is 26. The first-order valence-electron chi connectivity index (χ1n) is 23.9. The van der Waals surface area contributed by atoms with Gasteiger partial charge in [0.15, 0.2) is 0 Å². The Morgan fingerprint density at radius 1 is 0.534 bits per heavy atom. The summed E-state index contributed by atoms with van der Waals surface area (Å²) in [7, 11) is 0. The normalized spacial score (nSPS) is 26.0. The van der Waals surface area contributed by atoms with Crippen molar-refractivity contribution in [2.45, 2.75) is 269 Å². The zero-order valence-corrected chi connectivity index (χ0v) is 39.7. The molecular weight excluding hydrogens is 729 g/mol. The van der Waals surface area contributed by atoms with Crippen LogP contribution in [-0.2, 0) is 28.5 Å². The van der Waals surface area contributed by atoms with Crippen LogP contribution in [0.3, 0.4) is 0 Å². The fourth-order valence-corrected chi connectivity index (χ4v) is 9.23. The minimum atomic E-state index is -1.05. The highest BCUT2D eigenvalue weighted by molar-refractivity contribution is 5.83. The summed E-state index contributed by atoms with van der Waals surface area (Å²) in [6, 6.07) is 0.174. The molecule has 0 amide bonds. The Kier molecular flexibility index (Phi) is 20.4. The maximum atomic E-state index is 14.4. The van der Waals surface area contributed by atoms with Crippen LogP contribution in [-0.4, -0.2) is 95.9 Å². The van der Waals surface area contributed by atoms with Crippen molar-refractivity contribution in [3.8, 4) is 0 Å². The second-order valence-corrected chi connectivity index (χ2v) is 21.0. The molecule has 0 spiro atoms. The molecule has 4 atom stereocenters. The van der Waals surface area contributed by atoms with Crippen LogP contribution in [0.4, 0.5) is 0 Å².